The molecule has 0 saturated carbocycles. The van der Waals surface area contributed by atoms with E-state index in [1.807, 2.05) is 30.3 Å². The number of esters is 1. The van der Waals surface area contributed by atoms with Crippen LogP contribution < -0.4 is 0 Å². The Bertz CT molecular complexity index is 766. The molecule has 4 nitrogen and oxygen atoms in total. The first-order valence-corrected chi connectivity index (χ1v) is 6.66. The highest BCUT2D eigenvalue weighted by molar-refractivity contribution is 5.89. The monoisotopic (exact) mass is 297 g/mol. The van der Waals surface area contributed by atoms with E-state index in [0.717, 1.165) is 5.56 Å². The van der Waals surface area contributed by atoms with E-state index in [4.69, 9.17) is 9.26 Å². The smallest absolute Gasteiger partial charge is 0.338 e. The van der Waals surface area contributed by atoms with Gasteiger partial charge in [0.15, 0.2) is 5.76 Å². The van der Waals surface area contributed by atoms with Gasteiger partial charge >= 0.3 is 5.97 Å². The minimum atomic E-state index is -0.538. The normalized spacial score (nSPS) is 10.4. The number of aromatic nitrogens is 1. The predicted octanol–water partition coefficient (Wildman–Crippen LogP) is 3.84. The Balaban J connectivity index is 1.64. The number of nitrogens with zero attached hydrogens (tertiary/aromatic N) is 1. The third-order valence-corrected chi connectivity index (χ3v) is 3.05. The van der Waals surface area contributed by atoms with Gasteiger partial charge in [-0.2, -0.15) is 0 Å². The quantitative estimate of drug-likeness (QED) is 0.687. The molecule has 5 heteroatoms. The van der Waals surface area contributed by atoms with E-state index in [-0.39, 0.29) is 12.2 Å². The van der Waals surface area contributed by atoms with Crippen LogP contribution in [0.25, 0.3) is 11.3 Å². The number of halogens is 1. The van der Waals surface area contributed by atoms with Crippen molar-refractivity contribution >= 4 is 5.97 Å². The number of hydrogen-bond donors (Lipinski definition) is 0. The maximum absolute atomic E-state index is 12.8. The van der Waals surface area contributed by atoms with E-state index in [1.165, 1.54) is 24.3 Å². The summed E-state index contributed by atoms with van der Waals surface area (Å²) in [6, 6.07) is 16.4. The molecular weight excluding hydrogens is 285 g/mol. The Labute approximate surface area is 126 Å². The van der Waals surface area contributed by atoms with Crippen LogP contribution in [0.2, 0.25) is 0 Å². The van der Waals surface area contributed by atoms with Crippen LogP contribution in [0.3, 0.4) is 0 Å². The molecule has 0 radical (unpaired) electrons. The van der Waals surface area contributed by atoms with Crippen LogP contribution in [0, 0.1) is 5.82 Å². The molecule has 0 spiro atoms. The minimum absolute atomic E-state index is 0.00740. The maximum atomic E-state index is 12.8. The lowest BCUT2D eigenvalue weighted by Crippen LogP contribution is -2.05. The number of hydrogen-bond acceptors (Lipinski definition) is 4. The Hall–Kier alpha value is -2.95. The molecule has 0 amide bonds. The van der Waals surface area contributed by atoms with Crippen LogP contribution in [0.15, 0.2) is 65.2 Å². The first kappa shape index (κ1) is 14.0. The zero-order chi connectivity index (χ0) is 15.4. The SMILES string of the molecule is O=C(OCc1cc(-c2ccccc2)on1)c1ccc(F)cc1. The molecular formula is C17H12FNO3. The van der Waals surface area contributed by atoms with Crippen molar-refractivity contribution in [3.63, 3.8) is 0 Å². The third-order valence-electron chi connectivity index (χ3n) is 3.05. The van der Waals surface area contributed by atoms with Gasteiger partial charge in [0.25, 0.3) is 0 Å². The zero-order valence-electron chi connectivity index (χ0n) is 11.5. The average molecular weight is 297 g/mol. The number of ether oxygens (including phenoxy) is 1. The van der Waals surface area contributed by atoms with E-state index in [0.29, 0.717) is 11.5 Å². The number of carbonyl (C=O) groups is 1. The highest BCUT2D eigenvalue weighted by Crippen LogP contribution is 2.20. The van der Waals surface area contributed by atoms with Gasteiger partial charge in [0.2, 0.25) is 0 Å². The van der Waals surface area contributed by atoms with Gasteiger partial charge in [0, 0.05) is 11.6 Å². The molecule has 0 atom stereocenters. The molecule has 110 valence electrons. The Morgan fingerprint density at radius 2 is 1.82 bits per heavy atom. The van der Waals surface area contributed by atoms with E-state index in [9.17, 15) is 9.18 Å². The molecule has 0 saturated heterocycles. The summed E-state index contributed by atoms with van der Waals surface area (Å²) in [5, 5.41) is 3.86. The standard InChI is InChI=1S/C17H12FNO3/c18-14-8-6-13(7-9-14)17(20)21-11-15-10-16(22-19-15)12-4-2-1-3-5-12/h1-10H,11H2. The first-order valence-electron chi connectivity index (χ1n) is 6.66. The molecule has 0 aliphatic carbocycles. The molecule has 3 aromatic rings. The van der Waals surface area contributed by atoms with E-state index in [2.05, 4.69) is 5.16 Å². The first-order chi connectivity index (χ1) is 10.7. The van der Waals surface area contributed by atoms with Crippen molar-refractivity contribution in [2.45, 2.75) is 6.61 Å². The van der Waals surface area contributed by atoms with Crippen LogP contribution in [-0.2, 0) is 11.3 Å². The molecule has 3 rings (SSSR count). The van der Waals surface area contributed by atoms with E-state index < -0.39 is 11.8 Å². The van der Waals surface area contributed by atoms with Crippen LogP contribution >= 0.6 is 0 Å². The summed E-state index contributed by atoms with van der Waals surface area (Å²) >= 11 is 0. The Morgan fingerprint density at radius 1 is 1.09 bits per heavy atom. The van der Waals surface area contributed by atoms with Gasteiger partial charge in [-0.15, -0.1) is 0 Å². The lowest BCUT2D eigenvalue weighted by molar-refractivity contribution is 0.0464. The van der Waals surface area contributed by atoms with Crippen LogP contribution in [-0.4, -0.2) is 11.1 Å². The summed E-state index contributed by atoms with van der Waals surface area (Å²) in [6.07, 6.45) is 0. The van der Waals surface area contributed by atoms with Gasteiger partial charge in [0.1, 0.15) is 18.1 Å². The van der Waals surface area contributed by atoms with Crippen LogP contribution in [0.4, 0.5) is 4.39 Å². The predicted molar refractivity (Wildman–Crippen MR) is 77.5 cm³/mol. The zero-order valence-corrected chi connectivity index (χ0v) is 11.5. The Kier molecular flexibility index (Phi) is 3.96. The maximum Gasteiger partial charge on any atom is 0.338 e. The summed E-state index contributed by atoms with van der Waals surface area (Å²) in [5.74, 6) is -0.335. The van der Waals surface area contributed by atoms with E-state index in [1.54, 1.807) is 6.07 Å². The molecule has 0 unspecified atom stereocenters. The van der Waals surface area contributed by atoms with Crippen molar-refractivity contribution in [2.75, 3.05) is 0 Å². The van der Waals surface area contributed by atoms with Gasteiger partial charge < -0.3 is 9.26 Å². The number of rotatable bonds is 4. The molecule has 1 heterocycles. The highest BCUT2D eigenvalue weighted by atomic mass is 19.1. The topological polar surface area (TPSA) is 52.3 Å². The largest absolute Gasteiger partial charge is 0.455 e. The lowest BCUT2D eigenvalue weighted by Gasteiger charge is -2.01. The molecule has 2 aromatic carbocycles. The summed E-state index contributed by atoms with van der Waals surface area (Å²) < 4.78 is 23.1. The van der Waals surface area contributed by atoms with Gasteiger partial charge in [0.05, 0.1) is 5.56 Å². The lowest BCUT2D eigenvalue weighted by atomic mass is 10.2. The molecule has 0 aliphatic heterocycles. The molecule has 0 N–H and O–H groups in total. The van der Waals surface area contributed by atoms with Crippen LogP contribution in [0.1, 0.15) is 16.1 Å². The molecule has 0 aliphatic rings. The summed E-state index contributed by atoms with van der Waals surface area (Å²) in [6.45, 7) is -0.00740. The second-order valence-electron chi connectivity index (χ2n) is 4.63. The summed E-state index contributed by atoms with van der Waals surface area (Å²) in [4.78, 5) is 11.8. The second kappa shape index (κ2) is 6.22. The van der Waals surface area contributed by atoms with Crippen molar-refractivity contribution in [1.82, 2.24) is 5.16 Å². The van der Waals surface area contributed by atoms with Gasteiger partial charge in [-0.3, -0.25) is 0 Å². The molecule has 0 fully saturated rings. The van der Waals surface area contributed by atoms with Crippen molar-refractivity contribution in [3.8, 4) is 11.3 Å². The van der Waals surface area contributed by atoms with Gasteiger partial charge in [-0.1, -0.05) is 35.5 Å². The second-order valence-corrected chi connectivity index (χ2v) is 4.63. The van der Waals surface area contributed by atoms with Crippen molar-refractivity contribution in [2.24, 2.45) is 0 Å². The fraction of sp³-hybridized carbons (Fsp3) is 0.0588. The number of carbonyl (C=O) groups excluding carboxylic acids is 1. The highest BCUT2D eigenvalue weighted by Gasteiger charge is 2.11. The molecule has 0 bridgehead atoms. The van der Waals surface area contributed by atoms with Crippen molar-refractivity contribution in [3.05, 3.63) is 77.7 Å². The van der Waals surface area contributed by atoms with Crippen LogP contribution in [0.5, 0.6) is 0 Å². The van der Waals surface area contributed by atoms with Crippen molar-refractivity contribution < 1.29 is 18.4 Å². The Morgan fingerprint density at radius 3 is 2.55 bits per heavy atom. The molecule has 1 aromatic heterocycles. The average Bonchev–Trinajstić information content (AvgIpc) is 3.03. The number of benzene rings is 2. The van der Waals surface area contributed by atoms with Gasteiger partial charge in [-0.25, -0.2) is 9.18 Å². The molecule has 22 heavy (non-hydrogen) atoms. The van der Waals surface area contributed by atoms with Gasteiger partial charge in [-0.05, 0) is 24.3 Å². The fourth-order valence-corrected chi connectivity index (χ4v) is 1.93. The van der Waals surface area contributed by atoms with E-state index >= 15 is 0 Å². The fourth-order valence-electron chi connectivity index (χ4n) is 1.93. The summed E-state index contributed by atoms with van der Waals surface area (Å²) in [5.41, 5.74) is 1.69. The third kappa shape index (κ3) is 3.20. The minimum Gasteiger partial charge on any atom is -0.455 e. The van der Waals surface area contributed by atoms with Crippen molar-refractivity contribution in [1.29, 1.82) is 0 Å². The summed E-state index contributed by atoms with van der Waals surface area (Å²) in [7, 11) is 0.